The highest BCUT2D eigenvalue weighted by atomic mass is 32.2. The lowest BCUT2D eigenvalue weighted by Crippen LogP contribution is -2.54. The SMILES string of the molecule is CCC1COCCN1S(=O)(=O)C1CCCNC1. The fourth-order valence-electron chi connectivity index (χ4n) is 2.56. The van der Waals surface area contributed by atoms with Crippen LogP contribution in [0.25, 0.3) is 0 Å². The van der Waals surface area contributed by atoms with E-state index in [1.807, 2.05) is 6.92 Å². The minimum absolute atomic E-state index is 0.0238. The highest BCUT2D eigenvalue weighted by Gasteiger charge is 2.37. The fraction of sp³-hybridized carbons (Fsp3) is 1.00. The van der Waals surface area contributed by atoms with Crippen LogP contribution in [0.1, 0.15) is 26.2 Å². The predicted octanol–water partition coefficient (Wildman–Crippen LogP) is 0.179. The maximum absolute atomic E-state index is 12.5. The molecule has 5 nitrogen and oxygen atoms in total. The van der Waals surface area contributed by atoms with Crippen molar-refractivity contribution in [3.63, 3.8) is 0 Å². The second kappa shape index (κ2) is 5.65. The third kappa shape index (κ3) is 2.81. The predicted molar refractivity (Wildman–Crippen MR) is 66.4 cm³/mol. The minimum atomic E-state index is -3.16. The number of piperidine rings is 1. The molecular formula is C11H22N2O3S. The molecule has 2 unspecified atom stereocenters. The number of ether oxygens (including phenoxy) is 1. The van der Waals surface area contributed by atoms with Gasteiger partial charge in [-0.1, -0.05) is 6.92 Å². The van der Waals surface area contributed by atoms with E-state index in [9.17, 15) is 8.42 Å². The molecule has 2 rings (SSSR count). The number of nitrogens with zero attached hydrogens (tertiary/aromatic N) is 1. The molecule has 2 atom stereocenters. The minimum Gasteiger partial charge on any atom is -0.378 e. The summed E-state index contributed by atoms with van der Waals surface area (Å²) in [5.41, 5.74) is 0. The first kappa shape index (κ1) is 13.3. The summed E-state index contributed by atoms with van der Waals surface area (Å²) < 4.78 is 32.1. The Morgan fingerprint density at radius 2 is 2.29 bits per heavy atom. The molecule has 2 heterocycles. The van der Waals surface area contributed by atoms with Gasteiger partial charge in [0.25, 0.3) is 0 Å². The molecule has 100 valence electrons. The molecule has 1 N–H and O–H groups in total. The van der Waals surface area contributed by atoms with E-state index in [0.717, 1.165) is 25.8 Å². The zero-order valence-corrected chi connectivity index (χ0v) is 11.2. The van der Waals surface area contributed by atoms with Gasteiger partial charge in [-0.2, -0.15) is 4.31 Å². The van der Waals surface area contributed by atoms with E-state index >= 15 is 0 Å². The van der Waals surface area contributed by atoms with Gasteiger partial charge in [0.2, 0.25) is 10.0 Å². The van der Waals surface area contributed by atoms with Gasteiger partial charge in [0.05, 0.1) is 18.5 Å². The second-order valence-corrected chi connectivity index (χ2v) is 6.93. The van der Waals surface area contributed by atoms with E-state index in [0.29, 0.717) is 26.3 Å². The smallest absolute Gasteiger partial charge is 0.218 e. The molecule has 2 aliphatic rings. The first-order chi connectivity index (χ1) is 8.16. The zero-order chi connectivity index (χ0) is 12.3. The van der Waals surface area contributed by atoms with Crippen molar-refractivity contribution in [3.8, 4) is 0 Å². The molecule has 2 aliphatic heterocycles. The van der Waals surface area contributed by atoms with Crippen molar-refractivity contribution in [2.45, 2.75) is 37.5 Å². The van der Waals surface area contributed by atoms with Crippen LogP contribution in [0.2, 0.25) is 0 Å². The first-order valence-corrected chi connectivity index (χ1v) is 7.95. The van der Waals surface area contributed by atoms with Crippen molar-refractivity contribution in [3.05, 3.63) is 0 Å². The number of nitrogens with one attached hydrogen (secondary N) is 1. The molecule has 0 aromatic rings. The van der Waals surface area contributed by atoms with E-state index in [4.69, 9.17) is 4.74 Å². The Hall–Kier alpha value is -0.170. The largest absolute Gasteiger partial charge is 0.378 e. The number of hydrogen-bond donors (Lipinski definition) is 1. The Labute approximate surface area is 104 Å². The number of morpholine rings is 1. The van der Waals surface area contributed by atoms with Crippen LogP contribution in [-0.4, -0.2) is 56.9 Å². The summed E-state index contributed by atoms with van der Waals surface area (Å²) in [5, 5.41) is 2.93. The normalized spacial score (nSPS) is 32.5. The lowest BCUT2D eigenvalue weighted by Gasteiger charge is -2.37. The van der Waals surface area contributed by atoms with E-state index in [-0.39, 0.29) is 11.3 Å². The van der Waals surface area contributed by atoms with Gasteiger partial charge in [-0.25, -0.2) is 8.42 Å². The molecule has 0 spiro atoms. The lowest BCUT2D eigenvalue weighted by molar-refractivity contribution is 0.0308. The standard InChI is InChI=1S/C11H22N2O3S/c1-2-10-9-16-7-6-13(10)17(14,15)11-4-3-5-12-8-11/h10-12H,2-9H2,1H3. The summed E-state index contributed by atoms with van der Waals surface area (Å²) in [6, 6.07) is 0.0238. The Morgan fingerprint density at radius 3 is 2.94 bits per heavy atom. The van der Waals surface area contributed by atoms with Crippen LogP contribution in [0, 0.1) is 0 Å². The Bertz CT molecular complexity index is 339. The molecular weight excluding hydrogens is 240 g/mol. The van der Waals surface area contributed by atoms with Crippen LogP contribution >= 0.6 is 0 Å². The first-order valence-electron chi connectivity index (χ1n) is 6.45. The van der Waals surface area contributed by atoms with Crippen molar-refractivity contribution < 1.29 is 13.2 Å². The van der Waals surface area contributed by atoms with Gasteiger partial charge in [-0.15, -0.1) is 0 Å². The van der Waals surface area contributed by atoms with Gasteiger partial charge < -0.3 is 10.1 Å². The highest BCUT2D eigenvalue weighted by Crippen LogP contribution is 2.22. The topological polar surface area (TPSA) is 58.6 Å². The molecule has 2 saturated heterocycles. The van der Waals surface area contributed by atoms with Gasteiger partial charge >= 0.3 is 0 Å². The van der Waals surface area contributed by atoms with Crippen molar-refractivity contribution in [1.29, 1.82) is 0 Å². The van der Waals surface area contributed by atoms with Gasteiger partial charge in [0, 0.05) is 19.1 Å². The quantitative estimate of drug-likeness (QED) is 0.788. The van der Waals surface area contributed by atoms with E-state index in [1.165, 1.54) is 0 Å². The van der Waals surface area contributed by atoms with Crippen LogP contribution in [-0.2, 0) is 14.8 Å². The molecule has 0 saturated carbocycles. The van der Waals surface area contributed by atoms with Gasteiger partial charge in [-0.3, -0.25) is 0 Å². The Kier molecular flexibility index (Phi) is 4.41. The second-order valence-electron chi connectivity index (χ2n) is 4.76. The highest BCUT2D eigenvalue weighted by molar-refractivity contribution is 7.89. The molecule has 0 aromatic carbocycles. The number of hydrogen-bond acceptors (Lipinski definition) is 4. The summed E-state index contributed by atoms with van der Waals surface area (Å²) in [5.74, 6) is 0. The van der Waals surface area contributed by atoms with E-state index < -0.39 is 10.0 Å². The van der Waals surface area contributed by atoms with E-state index in [2.05, 4.69) is 5.32 Å². The average Bonchev–Trinajstić information content (AvgIpc) is 2.39. The van der Waals surface area contributed by atoms with Crippen LogP contribution in [0.3, 0.4) is 0 Å². The Morgan fingerprint density at radius 1 is 1.47 bits per heavy atom. The van der Waals surface area contributed by atoms with Gasteiger partial charge in [0.15, 0.2) is 0 Å². The van der Waals surface area contributed by atoms with Crippen LogP contribution in [0.5, 0.6) is 0 Å². The van der Waals surface area contributed by atoms with Crippen LogP contribution < -0.4 is 5.32 Å². The van der Waals surface area contributed by atoms with Crippen LogP contribution in [0.15, 0.2) is 0 Å². The molecule has 2 fully saturated rings. The number of rotatable bonds is 3. The van der Waals surface area contributed by atoms with Gasteiger partial charge in [0.1, 0.15) is 0 Å². The van der Waals surface area contributed by atoms with Crippen molar-refractivity contribution in [1.82, 2.24) is 9.62 Å². The lowest BCUT2D eigenvalue weighted by atomic mass is 10.2. The van der Waals surface area contributed by atoms with Crippen LogP contribution in [0.4, 0.5) is 0 Å². The maximum Gasteiger partial charge on any atom is 0.218 e. The third-order valence-electron chi connectivity index (χ3n) is 3.64. The zero-order valence-electron chi connectivity index (χ0n) is 10.4. The fourth-order valence-corrected chi connectivity index (χ4v) is 4.69. The summed E-state index contributed by atoms with van der Waals surface area (Å²) in [4.78, 5) is 0. The molecule has 0 aliphatic carbocycles. The summed E-state index contributed by atoms with van der Waals surface area (Å²) in [6.45, 7) is 5.12. The molecule has 17 heavy (non-hydrogen) atoms. The summed E-state index contributed by atoms with van der Waals surface area (Å²) in [6.07, 6.45) is 2.55. The number of sulfonamides is 1. The molecule has 0 radical (unpaired) electrons. The maximum atomic E-state index is 12.5. The van der Waals surface area contributed by atoms with Crippen molar-refractivity contribution in [2.24, 2.45) is 0 Å². The van der Waals surface area contributed by atoms with E-state index in [1.54, 1.807) is 4.31 Å². The van der Waals surface area contributed by atoms with Crippen molar-refractivity contribution >= 4 is 10.0 Å². The summed E-state index contributed by atoms with van der Waals surface area (Å²) >= 11 is 0. The molecule has 0 aromatic heterocycles. The molecule has 0 amide bonds. The third-order valence-corrected chi connectivity index (χ3v) is 6.02. The van der Waals surface area contributed by atoms with Gasteiger partial charge in [-0.05, 0) is 25.8 Å². The average molecular weight is 262 g/mol. The monoisotopic (exact) mass is 262 g/mol. The molecule has 6 heteroatoms. The Balaban J connectivity index is 2.11. The van der Waals surface area contributed by atoms with Crippen molar-refractivity contribution in [2.75, 3.05) is 32.8 Å². The molecule has 0 bridgehead atoms. The summed E-state index contributed by atoms with van der Waals surface area (Å²) in [7, 11) is -3.16.